The van der Waals surface area contributed by atoms with Gasteiger partial charge < -0.3 is 4.90 Å². The van der Waals surface area contributed by atoms with Crippen LogP contribution in [0.25, 0.3) is 5.57 Å². The van der Waals surface area contributed by atoms with E-state index < -0.39 is 0 Å². The van der Waals surface area contributed by atoms with Crippen molar-refractivity contribution >= 4 is 5.57 Å². The summed E-state index contributed by atoms with van der Waals surface area (Å²) in [4.78, 5) is 2.28. The van der Waals surface area contributed by atoms with Crippen LogP contribution in [-0.2, 0) is 12.8 Å². The number of rotatable bonds is 6. The van der Waals surface area contributed by atoms with Crippen molar-refractivity contribution in [2.75, 3.05) is 20.6 Å². The largest absolute Gasteiger partial charge is 0.309 e. The van der Waals surface area contributed by atoms with Crippen LogP contribution in [0.5, 0.6) is 0 Å². The zero-order valence-corrected chi connectivity index (χ0v) is 13.7. The standard InChI is InChI=1S/C21H25N/c1-22(2)14-8-13-21-19(15-17-9-4-3-5-10-17)16-18-11-6-7-12-20(18)21/h3-7,9-12H,8,13-16H2,1-2H3. The Kier molecular flexibility index (Phi) is 4.74. The van der Waals surface area contributed by atoms with Crippen LogP contribution in [0, 0.1) is 0 Å². The first kappa shape index (κ1) is 15.1. The van der Waals surface area contributed by atoms with Crippen molar-refractivity contribution < 1.29 is 0 Å². The molecule has 1 aliphatic rings. The maximum Gasteiger partial charge on any atom is -0.00217 e. The molecule has 0 N–H and O–H groups in total. The highest BCUT2D eigenvalue weighted by Crippen LogP contribution is 2.37. The van der Waals surface area contributed by atoms with E-state index in [-0.39, 0.29) is 0 Å². The highest BCUT2D eigenvalue weighted by Gasteiger charge is 2.20. The quantitative estimate of drug-likeness (QED) is 0.753. The fraction of sp³-hybridized carbons (Fsp3) is 0.333. The Morgan fingerprint density at radius 1 is 0.909 bits per heavy atom. The van der Waals surface area contributed by atoms with Gasteiger partial charge in [-0.3, -0.25) is 0 Å². The predicted octanol–water partition coefficient (Wildman–Crippen LogP) is 4.58. The average Bonchev–Trinajstić information content (AvgIpc) is 2.86. The molecule has 0 spiro atoms. The van der Waals surface area contributed by atoms with E-state index >= 15 is 0 Å². The highest BCUT2D eigenvalue weighted by molar-refractivity contribution is 5.76. The summed E-state index contributed by atoms with van der Waals surface area (Å²) >= 11 is 0. The first-order valence-electron chi connectivity index (χ1n) is 8.22. The lowest BCUT2D eigenvalue weighted by Gasteiger charge is -2.12. The van der Waals surface area contributed by atoms with Gasteiger partial charge in [0.25, 0.3) is 0 Å². The third-order valence-electron chi connectivity index (χ3n) is 4.47. The van der Waals surface area contributed by atoms with Crippen molar-refractivity contribution in [3.8, 4) is 0 Å². The molecule has 22 heavy (non-hydrogen) atoms. The van der Waals surface area contributed by atoms with Gasteiger partial charge in [-0.2, -0.15) is 0 Å². The number of fused-ring (bicyclic) bond motifs is 1. The SMILES string of the molecule is CN(C)CCCC1=C(Cc2ccccc2)Cc2ccccc21. The molecule has 114 valence electrons. The second kappa shape index (κ2) is 6.93. The van der Waals surface area contributed by atoms with Crippen molar-refractivity contribution in [2.45, 2.75) is 25.7 Å². The molecule has 0 unspecified atom stereocenters. The summed E-state index contributed by atoms with van der Waals surface area (Å²) in [6.45, 7) is 1.16. The van der Waals surface area contributed by atoms with Gasteiger partial charge in [-0.15, -0.1) is 0 Å². The van der Waals surface area contributed by atoms with E-state index in [4.69, 9.17) is 0 Å². The van der Waals surface area contributed by atoms with Crippen LogP contribution in [-0.4, -0.2) is 25.5 Å². The number of nitrogens with zero attached hydrogens (tertiary/aromatic N) is 1. The predicted molar refractivity (Wildman–Crippen MR) is 95.0 cm³/mol. The molecule has 0 aromatic heterocycles. The molecule has 1 nitrogen and oxygen atoms in total. The highest BCUT2D eigenvalue weighted by atomic mass is 15.0. The van der Waals surface area contributed by atoms with Gasteiger partial charge >= 0.3 is 0 Å². The lowest BCUT2D eigenvalue weighted by molar-refractivity contribution is 0.403. The third-order valence-corrected chi connectivity index (χ3v) is 4.47. The van der Waals surface area contributed by atoms with Crippen molar-refractivity contribution in [3.63, 3.8) is 0 Å². The maximum absolute atomic E-state index is 2.30. The van der Waals surface area contributed by atoms with Crippen LogP contribution < -0.4 is 0 Å². The summed E-state index contributed by atoms with van der Waals surface area (Å²) in [6.07, 6.45) is 4.64. The zero-order valence-electron chi connectivity index (χ0n) is 13.7. The maximum atomic E-state index is 2.30. The van der Waals surface area contributed by atoms with Gasteiger partial charge in [-0.05, 0) is 68.6 Å². The van der Waals surface area contributed by atoms with Gasteiger partial charge in [0.15, 0.2) is 0 Å². The fourth-order valence-corrected chi connectivity index (χ4v) is 3.39. The summed E-state index contributed by atoms with van der Waals surface area (Å²) in [5.74, 6) is 0. The zero-order chi connectivity index (χ0) is 15.4. The normalized spacial score (nSPS) is 13.8. The first-order chi connectivity index (χ1) is 10.7. The molecule has 0 amide bonds. The minimum absolute atomic E-state index is 1.09. The van der Waals surface area contributed by atoms with Crippen molar-refractivity contribution in [2.24, 2.45) is 0 Å². The third kappa shape index (κ3) is 3.48. The molecule has 2 aromatic carbocycles. The summed E-state index contributed by atoms with van der Waals surface area (Å²) < 4.78 is 0. The van der Waals surface area contributed by atoms with Gasteiger partial charge in [0, 0.05) is 0 Å². The lowest BCUT2D eigenvalue weighted by atomic mass is 9.97. The molecule has 1 heteroatoms. The van der Waals surface area contributed by atoms with Gasteiger partial charge in [0.1, 0.15) is 0 Å². The monoisotopic (exact) mass is 291 g/mol. The topological polar surface area (TPSA) is 3.24 Å². The molecule has 0 saturated heterocycles. The van der Waals surface area contributed by atoms with Crippen LogP contribution in [0.1, 0.15) is 29.5 Å². The second-order valence-electron chi connectivity index (χ2n) is 6.49. The molecule has 0 saturated carbocycles. The summed E-state index contributed by atoms with van der Waals surface area (Å²) in [5.41, 5.74) is 7.64. The number of allylic oxidation sites excluding steroid dienone is 2. The molecule has 0 heterocycles. The van der Waals surface area contributed by atoms with Crippen LogP contribution in [0.3, 0.4) is 0 Å². The molecule has 0 bridgehead atoms. The molecular weight excluding hydrogens is 266 g/mol. The molecule has 2 aromatic rings. The molecule has 3 rings (SSSR count). The Balaban J connectivity index is 1.83. The van der Waals surface area contributed by atoms with E-state index in [9.17, 15) is 0 Å². The van der Waals surface area contributed by atoms with Crippen LogP contribution >= 0.6 is 0 Å². The van der Waals surface area contributed by atoms with Crippen molar-refractivity contribution in [1.29, 1.82) is 0 Å². The Morgan fingerprint density at radius 3 is 2.41 bits per heavy atom. The Hall–Kier alpha value is -1.86. The molecule has 0 aliphatic heterocycles. The van der Waals surface area contributed by atoms with Gasteiger partial charge in [-0.1, -0.05) is 60.2 Å². The number of hydrogen-bond donors (Lipinski definition) is 0. The minimum Gasteiger partial charge on any atom is -0.309 e. The molecule has 0 atom stereocenters. The summed E-state index contributed by atoms with van der Waals surface area (Å²) in [5, 5.41) is 0. The van der Waals surface area contributed by atoms with E-state index in [1.807, 2.05) is 0 Å². The van der Waals surface area contributed by atoms with E-state index in [0.717, 1.165) is 19.4 Å². The van der Waals surface area contributed by atoms with Gasteiger partial charge in [-0.25, -0.2) is 0 Å². The molecule has 1 aliphatic carbocycles. The van der Waals surface area contributed by atoms with E-state index in [2.05, 4.69) is 73.6 Å². The average molecular weight is 291 g/mol. The van der Waals surface area contributed by atoms with Crippen LogP contribution in [0.15, 0.2) is 60.2 Å². The van der Waals surface area contributed by atoms with Crippen molar-refractivity contribution in [3.05, 3.63) is 76.9 Å². The van der Waals surface area contributed by atoms with E-state index in [1.165, 1.54) is 29.5 Å². The Bertz CT molecular complexity index is 653. The van der Waals surface area contributed by atoms with Crippen LogP contribution in [0.4, 0.5) is 0 Å². The van der Waals surface area contributed by atoms with E-state index in [0.29, 0.717) is 0 Å². The molecule has 0 radical (unpaired) electrons. The lowest BCUT2D eigenvalue weighted by Crippen LogP contribution is -2.12. The summed E-state index contributed by atoms with van der Waals surface area (Å²) in [7, 11) is 4.31. The smallest absolute Gasteiger partial charge is 0.00217 e. The van der Waals surface area contributed by atoms with Crippen LogP contribution in [0.2, 0.25) is 0 Å². The Labute approximate surface area is 134 Å². The molecule has 0 fully saturated rings. The number of benzene rings is 2. The molecular formula is C21H25N. The first-order valence-corrected chi connectivity index (χ1v) is 8.22. The number of hydrogen-bond acceptors (Lipinski definition) is 1. The fourth-order valence-electron chi connectivity index (χ4n) is 3.39. The Morgan fingerprint density at radius 2 is 1.64 bits per heavy atom. The minimum atomic E-state index is 1.09. The van der Waals surface area contributed by atoms with E-state index in [1.54, 1.807) is 11.1 Å². The second-order valence-corrected chi connectivity index (χ2v) is 6.49. The van der Waals surface area contributed by atoms with Crippen molar-refractivity contribution in [1.82, 2.24) is 4.90 Å². The summed E-state index contributed by atoms with van der Waals surface area (Å²) in [6, 6.07) is 19.8. The van der Waals surface area contributed by atoms with Gasteiger partial charge in [0.2, 0.25) is 0 Å². The van der Waals surface area contributed by atoms with Gasteiger partial charge in [0.05, 0.1) is 0 Å².